The molecule has 1 aromatic heterocycles. The molecule has 0 bridgehead atoms. The summed E-state index contributed by atoms with van der Waals surface area (Å²) in [6, 6.07) is 5.38. The summed E-state index contributed by atoms with van der Waals surface area (Å²) in [7, 11) is 0. The lowest BCUT2D eigenvalue weighted by molar-refractivity contribution is -0.123. The average molecular weight is 296 g/mol. The van der Waals surface area contributed by atoms with Crippen molar-refractivity contribution in [2.45, 2.75) is 6.42 Å². The fourth-order valence-electron chi connectivity index (χ4n) is 1.95. The number of hydrogen-bond acceptors (Lipinski definition) is 4. The zero-order chi connectivity index (χ0) is 13.4. The third-order valence-corrected chi connectivity index (χ3v) is 4.10. The molecule has 7 heteroatoms. The molecule has 1 aliphatic rings. The van der Waals surface area contributed by atoms with E-state index in [-0.39, 0.29) is 24.2 Å². The van der Waals surface area contributed by atoms with Crippen molar-refractivity contribution in [2.75, 3.05) is 11.9 Å². The van der Waals surface area contributed by atoms with Crippen LogP contribution in [-0.2, 0) is 9.59 Å². The summed E-state index contributed by atoms with van der Waals surface area (Å²) in [6.07, 6.45) is 0.239. The highest BCUT2D eigenvalue weighted by Crippen LogP contribution is 2.28. The minimum absolute atomic E-state index is 0.0868. The number of benzene rings is 1. The van der Waals surface area contributed by atoms with Gasteiger partial charge in [-0.2, -0.15) is 0 Å². The number of hydrogen-bond donors (Lipinski definition) is 2. The number of fused-ring (bicyclic) bond motifs is 1. The third-order valence-electron chi connectivity index (χ3n) is 2.93. The first-order valence-corrected chi connectivity index (χ1v) is 6.95. The van der Waals surface area contributed by atoms with Crippen LogP contribution in [0.4, 0.5) is 5.13 Å². The van der Waals surface area contributed by atoms with Gasteiger partial charge >= 0.3 is 0 Å². The molecule has 0 aliphatic carbocycles. The fraction of sp³-hybridized carbons (Fsp3) is 0.250. The van der Waals surface area contributed by atoms with E-state index in [1.54, 1.807) is 6.07 Å². The Hall–Kier alpha value is -1.66. The number of thiazole rings is 1. The van der Waals surface area contributed by atoms with Crippen LogP contribution in [0.3, 0.4) is 0 Å². The van der Waals surface area contributed by atoms with Crippen LogP contribution in [0, 0.1) is 5.92 Å². The summed E-state index contributed by atoms with van der Waals surface area (Å²) in [5, 5.41) is 6.55. The zero-order valence-electron chi connectivity index (χ0n) is 9.77. The molecule has 1 unspecified atom stereocenters. The maximum atomic E-state index is 11.9. The highest BCUT2D eigenvalue weighted by atomic mass is 35.5. The van der Waals surface area contributed by atoms with E-state index in [2.05, 4.69) is 15.6 Å². The standard InChI is InChI=1S/C12H10ClN3O2S/c13-7-1-2-8-9(4-7)19-12(15-8)16-11(18)6-3-10(17)14-5-6/h1-2,4,6H,3,5H2,(H,14,17)(H,15,16,18). The van der Waals surface area contributed by atoms with E-state index >= 15 is 0 Å². The van der Waals surface area contributed by atoms with Gasteiger partial charge in [0.2, 0.25) is 11.8 Å². The first-order chi connectivity index (χ1) is 9.11. The van der Waals surface area contributed by atoms with E-state index in [1.165, 1.54) is 11.3 Å². The molecule has 1 aromatic carbocycles. The quantitative estimate of drug-likeness (QED) is 0.890. The molecule has 1 saturated heterocycles. The van der Waals surface area contributed by atoms with Gasteiger partial charge < -0.3 is 10.6 Å². The monoisotopic (exact) mass is 295 g/mol. The van der Waals surface area contributed by atoms with Crippen LogP contribution in [0.25, 0.3) is 10.2 Å². The lowest BCUT2D eigenvalue weighted by Crippen LogP contribution is -2.24. The summed E-state index contributed by atoms with van der Waals surface area (Å²) >= 11 is 7.27. The third kappa shape index (κ3) is 2.54. The molecule has 0 spiro atoms. The number of rotatable bonds is 2. The van der Waals surface area contributed by atoms with Gasteiger partial charge in [-0.25, -0.2) is 4.98 Å². The summed E-state index contributed by atoms with van der Waals surface area (Å²) < 4.78 is 0.920. The number of anilines is 1. The SMILES string of the molecule is O=C1CC(C(=O)Nc2nc3ccc(Cl)cc3s2)CN1. The second-order valence-corrected chi connectivity index (χ2v) is 5.79. The second-order valence-electron chi connectivity index (χ2n) is 4.33. The Morgan fingerprint density at radius 2 is 2.37 bits per heavy atom. The van der Waals surface area contributed by atoms with Gasteiger partial charge in [0, 0.05) is 18.0 Å². The highest BCUT2D eigenvalue weighted by molar-refractivity contribution is 7.22. The molecule has 2 amide bonds. The predicted molar refractivity (Wildman–Crippen MR) is 74.4 cm³/mol. The van der Waals surface area contributed by atoms with Crippen molar-refractivity contribution in [1.82, 2.24) is 10.3 Å². The van der Waals surface area contributed by atoms with Gasteiger partial charge in [0.1, 0.15) is 0 Å². The predicted octanol–water partition coefficient (Wildman–Crippen LogP) is 2.02. The lowest BCUT2D eigenvalue weighted by atomic mass is 10.1. The van der Waals surface area contributed by atoms with Crippen molar-refractivity contribution in [3.63, 3.8) is 0 Å². The summed E-state index contributed by atoms with van der Waals surface area (Å²) in [5.74, 6) is -0.581. The van der Waals surface area contributed by atoms with Crippen molar-refractivity contribution in [3.05, 3.63) is 23.2 Å². The number of carbonyl (C=O) groups is 2. The number of amides is 2. The number of aromatic nitrogens is 1. The van der Waals surface area contributed by atoms with Gasteiger partial charge in [-0.1, -0.05) is 22.9 Å². The molecule has 2 aromatic rings. The first kappa shape index (κ1) is 12.4. The van der Waals surface area contributed by atoms with Gasteiger partial charge in [-0.15, -0.1) is 0 Å². The van der Waals surface area contributed by atoms with Gasteiger partial charge in [0.25, 0.3) is 0 Å². The molecule has 2 N–H and O–H groups in total. The van der Waals surface area contributed by atoms with Gasteiger partial charge in [-0.3, -0.25) is 9.59 Å². The summed E-state index contributed by atoms with van der Waals surface area (Å²) in [4.78, 5) is 27.3. The van der Waals surface area contributed by atoms with Crippen molar-refractivity contribution in [3.8, 4) is 0 Å². The van der Waals surface area contributed by atoms with Crippen molar-refractivity contribution < 1.29 is 9.59 Å². The highest BCUT2D eigenvalue weighted by Gasteiger charge is 2.28. The van der Waals surface area contributed by atoms with Crippen LogP contribution in [0.2, 0.25) is 5.02 Å². The Kier molecular flexibility index (Phi) is 3.12. The molecule has 0 radical (unpaired) electrons. The van der Waals surface area contributed by atoms with Crippen LogP contribution in [0.5, 0.6) is 0 Å². The Morgan fingerprint density at radius 3 is 3.11 bits per heavy atom. The summed E-state index contributed by atoms with van der Waals surface area (Å²) in [5.41, 5.74) is 0.797. The maximum absolute atomic E-state index is 11.9. The number of nitrogens with one attached hydrogen (secondary N) is 2. The zero-order valence-corrected chi connectivity index (χ0v) is 11.3. The lowest BCUT2D eigenvalue weighted by Gasteiger charge is -2.05. The number of halogens is 1. The van der Waals surface area contributed by atoms with Crippen molar-refractivity contribution >= 4 is 50.1 Å². The molecule has 1 atom stereocenters. The molecule has 98 valence electrons. The topological polar surface area (TPSA) is 71.1 Å². The average Bonchev–Trinajstić information content (AvgIpc) is 2.94. The largest absolute Gasteiger partial charge is 0.355 e. The van der Waals surface area contributed by atoms with Crippen molar-refractivity contribution in [1.29, 1.82) is 0 Å². The van der Waals surface area contributed by atoms with Gasteiger partial charge in [-0.05, 0) is 18.2 Å². The smallest absolute Gasteiger partial charge is 0.231 e. The van der Waals surface area contributed by atoms with E-state index in [0.717, 1.165) is 10.2 Å². The molecule has 19 heavy (non-hydrogen) atoms. The Bertz CT molecular complexity index is 670. The first-order valence-electron chi connectivity index (χ1n) is 5.75. The van der Waals surface area contributed by atoms with Gasteiger partial charge in [0.05, 0.1) is 16.1 Å². The van der Waals surface area contributed by atoms with Crippen LogP contribution in [0.15, 0.2) is 18.2 Å². The molecule has 1 aliphatic heterocycles. The molecule has 0 saturated carbocycles. The number of nitrogens with zero attached hydrogens (tertiary/aromatic N) is 1. The normalized spacial score (nSPS) is 18.6. The molecule has 3 rings (SSSR count). The molecular formula is C12H10ClN3O2S. The number of carbonyl (C=O) groups excluding carboxylic acids is 2. The van der Waals surface area contributed by atoms with Crippen LogP contribution in [0.1, 0.15) is 6.42 Å². The second kappa shape index (κ2) is 4.79. The minimum atomic E-state index is -0.317. The fourth-order valence-corrected chi connectivity index (χ4v) is 3.09. The molecular weight excluding hydrogens is 286 g/mol. The van der Waals surface area contributed by atoms with E-state index in [0.29, 0.717) is 16.7 Å². The Balaban J connectivity index is 1.77. The minimum Gasteiger partial charge on any atom is -0.355 e. The van der Waals surface area contributed by atoms with E-state index in [9.17, 15) is 9.59 Å². The summed E-state index contributed by atoms with van der Waals surface area (Å²) in [6.45, 7) is 0.390. The molecule has 2 heterocycles. The van der Waals surface area contributed by atoms with Crippen LogP contribution < -0.4 is 10.6 Å². The van der Waals surface area contributed by atoms with Crippen LogP contribution in [-0.4, -0.2) is 23.3 Å². The molecule has 5 nitrogen and oxygen atoms in total. The van der Waals surface area contributed by atoms with E-state index in [1.807, 2.05) is 12.1 Å². The maximum Gasteiger partial charge on any atom is 0.231 e. The molecule has 1 fully saturated rings. The van der Waals surface area contributed by atoms with E-state index < -0.39 is 0 Å². The van der Waals surface area contributed by atoms with Gasteiger partial charge in [0.15, 0.2) is 5.13 Å². The van der Waals surface area contributed by atoms with E-state index in [4.69, 9.17) is 11.6 Å². The van der Waals surface area contributed by atoms with Crippen molar-refractivity contribution in [2.24, 2.45) is 5.92 Å². The Morgan fingerprint density at radius 1 is 1.53 bits per heavy atom. The van der Waals surface area contributed by atoms with Crippen LogP contribution >= 0.6 is 22.9 Å². The Labute approximate surface area is 118 Å².